The summed E-state index contributed by atoms with van der Waals surface area (Å²) in [6, 6.07) is 14.8. The van der Waals surface area contributed by atoms with Gasteiger partial charge in [-0.05, 0) is 43.4 Å². The number of hydrogen-bond donors (Lipinski definition) is 0. The summed E-state index contributed by atoms with van der Waals surface area (Å²) in [6.45, 7) is 0.997. The first-order valence-corrected chi connectivity index (χ1v) is 14.4. The average molecular weight is 581 g/mol. The molecule has 1 aliphatic carbocycles. The summed E-state index contributed by atoms with van der Waals surface area (Å²) in [6.07, 6.45) is 2.65. The summed E-state index contributed by atoms with van der Waals surface area (Å²) >= 11 is 8.21. The third-order valence-electron chi connectivity index (χ3n) is 7.43. The second-order valence-corrected chi connectivity index (χ2v) is 11.8. The standard InChI is InChI=1S/C29H29ClN4O5S/c1-37-20-11-10-19(22(15-20)38-2)16-34-26(35)23-25(32-27(34)29(30)12-13-29)40-24(31-23)21-9-6-14-33(21)28(36)39-17-18-7-4-3-5-8-18/h3-5,7-8,10-11,15,21H,6,9,12-14,16-17H2,1-2H3. The summed E-state index contributed by atoms with van der Waals surface area (Å²) in [4.78, 5) is 38.1. The van der Waals surface area contributed by atoms with Gasteiger partial charge in [0.1, 0.15) is 33.8 Å². The minimum absolute atomic E-state index is 0.199. The van der Waals surface area contributed by atoms with Crippen molar-refractivity contribution >= 4 is 39.4 Å². The largest absolute Gasteiger partial charge is 0.497 e. The summed E-state index contributed by atoms with van der Waals surface area (Å²) < 4.78 is 18.1. The lowest BCUT2D eigenvalue weighted by Gasteiger charge is -2.22. The Kier molecular flexibility index (Phi) is 7.14. The lowest BCUT2D eigenvalue weighted by Crippen LogP contribution is -2.31. The van der Waals surface area contributed by atoms with Crippen molar-refractivity contribution in [3.8, 4) is 11.5 Å². The Morgan fingerprint density at radius 2 is 1.93 bits per heavy atom. The van der Waals surface area contributed by atoms with Gasteiger partial charge in [0.25, 0.3) is 5.56 Å². The molecular formula is C29H29ClN4O5S. The molecule has 1 saturated carbocycles. The molecule has 0 spiro atoms. The van der Waals surface area contributed by atoms with Gasteiger partial charge in [-0.2, -0.15) is 0 Å². The van der Waals surface area contributed by atoms with Gasteiger partial charge in [-0.15, -0.1) is 11.6 Å². The van der Waals surface area contributed by atoms with Gasteiger partial charge in [0.05, 0.1) is 26.8 Å². The fourth-order valence-electron chi connectivity index (χ4n) is 5.09. The molecule has 40 heavy (non-hydrogen) atoms. The number of carbonyl (C=O) groups is 1. The summed E-state index contributed by atoms with van der Waals surface area (Å²) in [7, 11) is 3.17. The van der Waals surface area contributed by atoms with Gasteiger partial charge in [0, 0.05) is 18.2 Å². The predicted molar refractivity (Wildman–Crippen MR) is 152 cm³/mol. The predicted octanol–water partition coefficient (Wildman–Crippen LogP) is 5.62. The van der Waals surface area contributed by atoms with Crippen LogP contribution in [0.15, 0.2) is 53.3 Å². The Bertz CT molecular complexity index is 1620. The Hall–Kier alpha value is -3.63. The quantitative estimate of drug-likeness (QED) is 0.250. The van der Waals surface area contributed by atoms with Crippen LogP contribution in [0.3, 0.4) is 0 Å². The first kappa shape index (κ1) is 26.6. The molecule has 1 atom stereocenters. The van der Waals surface area contributed by atoms with Gasteiger partial charge in [0.15, 0.2) is 10.3 Å². The van der Waals surface area contributed by atoms with E-state index in [2.05, 4.69) is 0 Å². The van der Waals surface area contributed by atoms with E-state index in [1.165, 1.54) is 11.3 Å². The lowest BCUT2D eigenvalue weighted by molar-refractivity contribution is 0.0920. The second-order valence-electron chi connectivity index (χ2n) is 10.1. The van der Waals surface area contributed by atoms with E-state index in [-0.39, 0.29) is 36.4 Å². The van der Waals surface area contributed by atoms with Crippen molar-refractivity contribution in [1.82, 2.24) is 19.4 Å². The highest BCUT2D eigenvalue weighted by Crippen LogP contribution is 2.51. The number of carbonyl (C=O) groups excluding carboxylic acids is 1. The number of rotatable bonds is 8. The smallest absolute Gasteiger partial charge is 0.410 e. The molecule has 1 saturated heterocycles. The molecule has 9 nitrogen and oxygen atoms in total. The van der Waals surface area contributed by atoms with Crippen LogP contribution < -0.4 is 15.0 Å². The highest BCUT2D eigenvalue weighted by atomic mass is 35.5. The van der Waals surface area contributed by atoms with E-state index in [4.69, 9.17) is 35.8 Å². The Labute approximate surface area is 240 Å². The van der Waals surface area contributed by atoms with Crippen LogP contribution in [0.5, 0.6) is 11.5 Å². The summed E-state index contributed by atoms with van der Waals surface area (Å²) in [5.74, 6) is 1.79. The van der Waals surface area contributed by atoms with E-state index in [1.54, 1.807) is 29.8 Å². The molecule has 208 valence electrons. The maximum atomic E-state index is 13.9. The zero-order valence-corrected chi connectivity index (χ0v) is 23.8. The highest BCUT2D eigenvalue weighted by molar-refractivity contribution is 7.18. The Balaban J connectivity index is 1.33. The zero-order valence-electron chi connectivity index (χ0n) is 22.3. The fraction of sp³-hybridized carbons (Fsp3) is 0.379. The molecular weight excluding hydrogens is 552 g/mol. The second kappa shape index (κ2) is 10.7. The monoisotopic (exact) mass is 580 g/mol. The molecule has 0 bridgehead atoms. The van der Waals surface area contributed by atoms with Crippen molar-refractivity contribution in [2.75, 3.05) is 20.8 Å². The fourth-order valence-corrected chi connectivity index (χ4v) is 6.40. The highest BCUT2D eigenvalue weighted by Gasteiger charge is 2.47. The van der Waals surface area contributed by atoms with Crippen molar-refractivity contribution < 1.29 is 19.0 Å². The molecule has 6 rings (SSSR count). The molecule has 1 aliphatic heterocycles. The first-order chi connectivity index (χ1) is 19.4. The molecule has 2 aliphatic rings. The number of benzene rings is 2. The van der Waals surface area contributed by atoms with Crippen LogP contribution in [0, 0.1) is 0 Å². The molecule has 2 aromatic carbocycles. The Morgan fingerprint density at radius 3 is 2.65 bits per heavy atom. The maximum Gasteiger partial charge on any atom is 0.410 e. The van der Waals surface area contributed by atoms with Crippen LogP contribution in [0.4, 0.5) is 4.79 Å². The molecule has 0 radical (unpaired) electrons. The van der Waals surface area contributed by atoms with E-state index >= 15 is 0 Å². The van der Waals surface area contributed by atoms with Crippen LogP contribution in [0.25, 0.3) is 10.3 Å². The van der Waals surface area contributed by atoms with Gasteiger partial charge in [-0.25, -0.2) is 14.8 Å². The summed E-state index contributed by atoms with van der Waals surface area (Å²) in [5, 5.41) is 0.680. The van der Waals surface area contributed by atoms with E-state index in [0.29, 0.717) is 33.7 Å². The van der Waals surface area contributed by atoms with Crippen molar-refractivity contribution in [3.05, 3.63) is 80.8 Å². The maximum absolute atomic E-state index is 13.9. The SMILES string of the molecule is COc1ccc(Cn2c(C3(Cl)CC3)nc3sc(C4CCCN4C(=O)OCc4ccccc4)nc3c2=O)c(OC)c1. The molecule has 2 aromatic heterocycles. The van der Waals surface area contributed by atoms with Crippen molar-refractivity contribution in [2.24, 2.45) is 0 Å². The van der Waals surface area contributed by atoms with Crippen LogP contribution in [-0.4, -0.2) is 46.3 Å². The van der Waals surface area contributed by atoms with Crippen molar-refractivity contribution in [2.45, 2.75) is 49.8 Å². The lowest BCUT2D eigenvalue weighted by atomic mass is 10.1. The normalized spacial score (nSPS) is 17.7. The van der Waals surface area contributed by atoms with Crippen LogP contribution in [0.2, 0.25) is 0 Å². The number of nitrogens with zero attached hydrogens (tertiary/aromatic N) is 4. The number of aromatic nitrogens is 3. The van der Waals surface area contributed by atoms with Gasteiger partial charge in [-0.1, -0.05) is 41.7 Å². The number of methoxy groups -OCH3 is 2. The summed E-state index contributed by atoms with van der Waals surface area (Å²) in [5.41, 5.74) is 1.74. The molecule has 11 heteroatoms. The molecule has 1 amide bonds. The van der Waals surface area contributed by atoms with E-state index < -0.39 is 4.87 Å². The van der Waals surface area contributed by atoms with Gasteiger partial charge >= 0.3 is 6.09 Å². The minimum Gasteiger partial charge on any atom is -0.497 e. The molecule has 1 unspecified atom stereocenters. The number of ether oxygens (including phenoxy) is 3. The van der Waals surface area contributed by atoms with Crippen LogP contribution >= 0.6 is 22.9 Å². The van der Waals surface area contributed by atoms with Crippen LogP contribution in [0.1, 0.15) is 53.7 Å². The number of likely N-dealkylation sites (tertiary alicyclic amines) is 1. The van der Waals surface area contributed by atoms with Crippen molar-refractivity contribution in [1.29, 1.82) is 0 Å². The van der Waals surface area contributed by atoms with Gasteiger partial charge < -0.3 is 14.2 Å². The average Bonchev–Trinajstić information content (AvgIpc) is 3.36. The molecule has 4 aromatic rings. The topological polar surface area (TPSA) is 95.8 Å². The van der Waals surface area contributed by atoms with E-state index in [1.807, 2.05) is 42.5 Å². The number of alkyl halides is 1. The minimum atomic E-state index is -0.683. The van der Waals surface area contributed by atoms with E-state index in [9.17, 15) is 9.59 Å². The molecule has 3 heterocycles. The van der Waals surface area contributed by atoms with Gasteiger partial charge in [-0.3, -0.25) is 14.3 Å². The number of hydrogen-bond acceptors (Lipinski definition) is 8. The van der Waals surface area contributed by atoms with E-state index in [0.717, 1.165) is 36.8 Å². The number of halogens is 1. The third-order valence-corrected chi connectivity index (χ3v) is 9.02. The first-order valence-electron chi connectivity index (χ1n) is 13.2. The van der Waals surface area contributed by atoms with Crippen molar-refractivity contribution in [3.63, 3.8) is 0 Å². The van der Waals surface area contributed by atoms with Gasteiger partial charge in [0.2, 0.25) is 0 Å². The number of fused-ring (bicyclic) bond motifs is 1. The molecule has 0 N–H and O–H groups in total. The number of amides is 1. The Morgan fingerprint density at radius 1 is 1.12 bits per heavy atom. The third kappa shape index (κ3) is 5.01. The van der Waals surface area contributed by atoms with Crippen LogP contribution in [-0.2, 0) is 22.8 Å². The zero-order chi connectivity index (χ0) is 27.9. The number of thiazole rings is 1. The molecule has 2 fully saturated rings.